The zero-order valence-electron chi connectivity index (χ0n) is 10.7. The first-order valence-corrected chi connectivity index (χ1v) is 5.86. The topological polar surface area (TPSA) is 47.7 Å². The van der Waals surface area contributed by atoms with Crippen LogP contribution in [0.1, 0.15) is 5.56 Å². The SMILES string of the molecule is CN(C)c1cccc(COCCOCCN)c1. The van der Waals surface area contributed by atoms with Crippen LogP contribution in [0.2, 0.25) is 0 Å². The number of nitrogens with two attached hydrogens (primary N) is 1. The molecule has 1 aromatic carbocycles. The van der Waals surface area contributed by atoms with Gasteiger partial charge in [-0.25, -0.2) is 0 Å². The van der Waals surface area contributed by atoms with Crippen molar-refractivity contribution in [1.82, 2.24) is 0 Å². The van der Waals surface area contributed by atoms with Crippen molar-refractivity contribution in [2.24, 2.45) is 5.73 Å². The Kier molecular flexibility index (Phi) is 6.62. The van der Waals surface area contributed by atoms with Crippen molar-refractivity contribution in [3.05, 3.63) is 29.8 Å². The van der Waals surface area contributed by atoms with Crippen molar-refractivity contribution >= 4 is 5.69 Å². The molecule has 0 saturated heterocycles. The monoisotopic (exact) mass is 238 g/mol. The number of rotatable bonds is 8. The summed E-state index contributed by atoms with van der Waals surface area (Å²) in [6.07, 6.45) is 0. The Morgan fingerprint density at radius 2 is 1.88 bits per heavy atom. The van der Waals surface area contributed by atoms with Gasteiger partial charge in [0.15, 0.2) is 0 Å². The Labute approximate surface area is 103 Å². The van der Waals surface area contributed by atoms with E-state index in [0.29, 0.717) is 33.0 Å². The highest BCUT2D eigenvalue weighted by atomic mass is 16.5. The number of ether oxygens (including phenoxy) is 2. The van der Waals surface area contributed by atoms with Crippen molar-refractivity contribution in [3.63, 3.8) is 0 Å². The third-order valence-corrected chi connectivity index (χ3v) is 2.33. The van der Waals surface area contributed by atoms with Crippen LogP contribution in [0.5, 0.6) is 0 Å². The molecule has 4 nitrogen and oxygen atoms in total. The summed E-state index contributed by atoms with van der Waals surface area (Å²) in [5, 5.41) is 0. The highest BCUT2D eigenvalue weighted by Gasteiger charge is 1.98. The van der Waals surface area contributed by atoms with Crippen LogP contribution in [-0.4, -0.2) is 40.5 Å². The maximum Gasteiger partial charge on any atom is 0.0718 e. The van der Waals surface area contributed by atoms with Crippen LogP contribution >= 0.6 is 0 Å². The molecule has 0 radical (unpaired) electrons. The second-order valence-electron chi connectivity index (χ2n) is 4.02. The zero-order valence-corrected chi connectivity index (χ0v) is 10.7. The molecule has 17 heavy (non-hydrogen) atoms. The van der Waals surface area contributed by atoms with Gasteiger partial charge in [0.1, 0.15) is 0 Å². The summed E-state index contributed by atoms with van der Waals surface area (Å²) in [5.41, 5.74) is 7.67. The standard InChI is InChI=1S/C13H22N2O2/c1-15(2)13-5-3-4-12(10-13)11-17-9-8-16-7-6-14/h3-5,10H,6-9,11,14H2,1-2H3. The fraction of sp³-hybridized carbons (Fsp3) is 0.538. The van der Waals surface area contributed by atoms with Crippen molar-refractivity contribution in [3.8, 4) is 0 Å². The quantitative estimate of drug-likeness (QED) is 0.692. The third-order valence-electron chi connectivity index (χ3n) is 2.33. The molecule has 0 aliphatic carbocycles. The molecule has 1 aromatic rings. The van der Waals surface area contributed by atoms with E-state index >= 15 is 0 Å². The summed E-state index contributed by atoms with van der Waals surface area (Å²) in [6, 6.07) is 8.31. The first-order valence-electron chi connectivity index (χ1n) is 5.86. The molecule has 0 bridgehead atoms. The lowest BCUT2D eigenvalue weighted by molar-refractivity contribution is 0.0434. The number of benzene rings is 1. The van der Waals surface area contributed by atoms with E-state index in [-0.39, 0.29) is 0 Å². The number of hydrogen-bond acceptors (Lipinski definition) is 4. The molecule has 0 aromatic heterocycles. The predicted octanol–water partition coefficient (Wildman–Crippen LogP) is 1.24. The van der Waals surface area contributed by atoms with Gasteiger partial charge in [-0.2, -0.15) is 0 Å². The van der Waals surface area contributed by atoms with Gasteiger partial charge in [-0.05, 0) is 17.7 Å². The lowest BCUT2D eigenvalue weighted by atomic mass is 10.2. The molecule has 0 atom stereocenters. The van der Waals surface area contributed by atoms with Gasteiger partial charge in [-0.3, -0.25) is 0 Å². The largest absolute Gasteiger partial charge is 0.378 e. The van der Waals surface area contributed by atoms with Crippen LogP contribution in [0.15, 0.2) is 24.3 Å². The number of hydrogen-bond donors (Lipinski definition) is 1. The highest BCUT2D eigenvalue weighted by Crippen LogP contribution is 2.13. The fourth-order valence-corrected chi connectivity index (χ4v) is 1.42. The van der Waals surface area contributed by atoms with Gasteiger partial charge in [0, 0.05) is 26.3 Å². The molecule has 0 aliphatic rings. The lowest BCUT2D eigenvalue weighted by Crippen LogP contribution is -2.12. The van der Waals surface area contributed by atoms with E-state index in [1.807, 2.05) is 20.2 Å². The van der Waals surface area contributed by atoms with E-state index in [2.05, 4.69) is 23.1 Å². The Balaban J connectivity index is 2.24. The molecular formula is C13H22N2O2. The van der Waals surface area contributed by atoms with Crippen molar-refractivity contribution in [1.29, 1.82) is 0 Å². The molecule has 0 unspecified atom stereocenters. The summed E-state index contributed by atoms with van der Waals surface area (Å²) in [5.74, 6) is 0. The third kappa shape index (κ3) is 5.68. The highest BCUT2D eigenvalue weighted by molar-refractivity contribution is 5.46. The molecule has 2 N–H and O–H groups in total. The second-order valence-corrected chi connectivity index (χ2v) is 4.02. The van der Waals surface area contributed by atoms with Crippen LogP contribution in [0.25, 0.3) is 0 Å². The Bertz CT molecular complexity index is 316. The summed E-state index contributed by atoms with van der Waals surface area (Å²) in [4.78, 5) is 2.08. The Morgan fingerprint density at radius 3 is 2.59 bits per heavy atom. The lowest BCUT2D eigenvalue weighted by Gasteiger charge is -2.13. The normalized spacial score (nSPS) is 10.5. The van der Waals surface area contributed by atoms with Gasteiger partial charge >= 0.3 is 0 Å². The second kappa shape index (κ2) is 8.06. The average Bonchev–Trinajstić information content (AvgIpc) is 2.34. The summed E-state index contributed by atoms with van der Waals surface area (Å²) >= 11 is 0. The smallest absolute Gasteiger partial charge is 0.0718 e. The van der Waals surface area contributed by atoms with E-state index in [1.54, 1.807) is 0 Å². The predicted molar refractivity (Wildman–Crippen MR) is 70.3 cm³/mol. The molecular weight excluding hydrogens is 216 g/mol. The first-order chi connectivity index (χ1) is 8.24. The molecule has 0 aliphatic heterocycles. The van der Waals surface area contributed by atoms with E-state index in [4.69, 9.17) is 15.2 Å². The zero-order chi connectivity index (χ0) is 12.5. The van der Waals surface area contributed by atoms with Crippen LogP contribution in [0.4, 0.5) is 5.69 Å². The molecule has 0 amide bonds. The van der Waals surface area contributed by atoms with Gasteiger partial charge in [-0.1, -0.05) is 12.1 Å². The fourth-order valence-electron chi connectivity index (χ4n) is 1.42. The first kappa shape index (κ1) is 14.0. The van der Waals surface area contributed by atoms with Crippen LogP contribution in [0.3, 0.4) is 0 Å². The summed E-state index contributed by atoms with van der Waals surface area (Å²) in [7, 11) is 4.06. The number of anilines is 1. The maximum atomic E-state index is 5.52. The molecule has 1 rings (SSSR count). The molecule has 0 heterocycles. The van der Waals surface area contributed by atoms with Crippen molar-refractivity contribution < 1.29 is 9.47 Å². The van der Waals surface area contributed by atoms with Gasteiger partial charge in [0.05, 0.1) is 26.4 Å². The van der Waals surface area contributed by atoms with Crippen LogP contribution < -0.4 is 10.6 Å². The van der Waals surface area contributed by atoms with E-state index in [1.165, 1.54) is 11.3 Å². The molecule has 0 fully saturated rings. The number of nitrogens with zero attached hydrogens (tertiary/aromatic N) is 1. The van der Waals surface area contributed by atoms with Crippen molar-refractivity contribution in [2.45, 2.75) is 6.61 Å². The van der Waals surface area contributed by atoms with Gasteiger partial charge < -0.3 is 20.1 Å². The maximum absolute atomic E-state index is 5.52. The van der Waals surface area contributed by atoms with E-state index in [9.17, 15) is 0 Å². The van der Waals surface area contributed by atoms with E-state index in [0.717, 1.165) is 0 Å². The summed E-state index contributed by atoms with van der Waals surface area (Å²) in [6.45, 7) is 2.98. The minimum Gasteiger partial charge on any atom is -0.378 e. The minimum atomic E-state index is 0.560. The van der Waals surface area contributed by atoms with E-state index < -0.39 is 0 Å². The van der Waals surface area contributed by atoms with Gasteiger partial charge in [0.25, 0.3) is 0 Å². The van der Waals surface area contributed by atoms with Gasteiger partial charge in [-0.15, -0.1) is 0 Å². The van der Waals surface area contributed by atoms with Gasteiger partial charge in [0.2, 0.25) is 0 Å². The molecule has 96 valence electrons. The molecule has 0 saturated carbocycles. The minimum absolute atomic E-state index is 0.560. The molecule has 4 heteroatoms. The average molecular weight is 238 g/mol. The Hall–Kier alpha value is -1.10. The van der Waals surface area contributed by atoms with Crippen molar-refractivity contribution in [2.75, 3.05) is 45.4 Å². The summed E-state index contributed by atoms with van der Waals surface area (Å²) < 4.78 is 10.7. The molecule has 0 spiro atoms. The van der Waals surface area contributed by atoms with Crippen LogP contribution in [-0.2, 0) is 16.1 Å². The Morgan fingerprint density at radius 1 is 1.12 bits per heavy atom. The van der Waals surface area contributed by atoms with Crippen LogP contribution in [0, 0.1) is 0 Å².